The Labute approximate surface area is 55.5 Å². The number of nitrogens with two attached hydrogens (primary N) is 2. The van der Waals surface area contributed by atoms with Gasteiger partial charge in [0.1, 0.15) is 0 Å². The van der Waals surface area contributed by atoms with Gasteiger partial charge in [0.2, 0.25) is 0 Å². The maximum absolute atomic E-state index is 4.00. The van der Waals surface area contributed by atoms with E-state index in [2.05, 4.69) is 30.7 Å². The number of aryl methyl sites for hydroxylation is 1. The van der Waals surface area contributed by atoms with E-state index >= 15 is 0 Å². The third-order valence-corrected chi connectivity index (χ3v) is 0.940. The number of hydrogen-bond donors (Lipinski definition) is 2. The van der Waals surface area contributed by atoms with Gasteiger partial charge < -0.3 is 0 Å². The summed E-state index contributed by atoms with van der Waals surface area (Å²) in [7, 11) is 0. The van der Waals surface area contributed by atoms with Crippen molar-refractivity contribution in [1.82, 2.24) is 0 Å². The Morgan fingerprint density at radius 2 is 1.44 bits per heavy atom. The lowest BCUT2D eigenvalue weighted by Crippen LogP contribution is -2.02. The Balaban J connectivity index is 0.000000291. The van der Waals surface area contributed by atoms with Gasteiger partial charge in [0.15, 0.2) is 0 Å². The molecule has 0 unspecified atom stereocenters. The maximum Gasteiger partial charge on any atom is -0.0398 e. The largest absolute Gasteiger partial charge is 0.274 e. The van der Waals surface area contributed by atoms with E-state index in [0.29, 0.717) is 0 Å². The molecule has 0 radical (unpaired) electrons. The Morgan fingerprint density at radius 3 is 1.67 bits per heavy atom. The quantitative estimate of drug-likeness (QED) is 0.397. The van der Waals surface area contributed by atoms with Crippen LogP contribution in [-0.2, 0) is 0 Å². The smallest absolute Gasteiger partial charge is 0.0398 e. The molecule has 0 saturated carbocycles. The third kappa shape index (κ3) is 3.70. The van der Waals surface area contributed by atoms with Gasteiger partial charge in [-0.3, -0.25) is 11.7 Å². The number of benzene rings is 1. The van der Waals surface area contributed by atoms with E-state index in [9.17, 15) is 0 Å². The molecule has 0 aliphatic carbocycles. The fraction of sp³-hybridized carbons (Fsp3) is 0.143. The van der Waals surface area contributed by atoms with Crippen LogP contribution in [0.1, 0.15) is 5.56 Å². The molecule has 0 spiro atoms. The standard InChI is InChI=1S/C7H8.H4N2/c1-7-5-3-2-4-6-7;1-2/h2-6H,1H3;1-2H2. The molecule has 0 heterocycles. The fourth-order valence-electron chi connectivity index (χ4n) is 0.534. The molecule has 2 nitrogen and oxygen atoms in total. The third-order valence-electron chi connectivity index (χ3n) is 0.940. The molecule has 0 aromatic heterocycles. The van der Waals surface area contributed by atoms with Crippen molar-refractivity contribution >= 4 is 0 Å². The van der Waals surface area contributed by atoms with Crippen LogP contribution in [0.3, 0.4) is 0 Å². The first kappa shape index (κ1) is 8.14. The van der Waals surface area contributed by atoms with Gasteiger partial charge >= 0.3 is 0 Å². The summed E-state index contributed by atoms with van der Waals surface area (Å²) in [5, 5.41) is 0. The minimum absolute atomic E-state index is 1.32. The van der Waals surface area contributed by atoms with Crippen molar-refractivity contribution in [3.8, 4) is 0 Å². The molecule has 0 aliphatic rings. The van der Waals surface area contributed by atoms with Gasteiger partial charge in [-0.1, -0.05) is 35.9 Å². The van der Waals surface area contributed by atoms with Crippen molar-refractivity contribution < 1.29 is 0 Å². The number of rotatable bonds is 0. The van der Waals surface area contributed by atoms with Gasteiger partial charge in [-0.15, -0.1) is 0 Å². The van der Waals surface area contributed by atoms with E-state index in [1.54, 1.807) is 0 Å². The molecule has 9 heavy (non-hydrogen) atoms. The zero-order chi connectivity index (χ0) is 7.11. The van der Waals surface area contributed by atoms with Gasteiger partial charge in [-0.05, 0) is 6.92 Å². The van der Waals surface area contributed by atoms with Crippen LogP contribution in [0, 0.1) is 6.92 Å². The van der Waals surface area contributed by atoms with E-state index in [1.165, 1.54) is 5.56 Å². The van der Waals surface area contributed by atoms with Crippen LogP contribution in [0.15, 0.2) is 30.3 Å². The average Bonchev–Trinajstić information content (AvgIpc) is 1.94. The lowest BCUT2D eigenvalue weighted by atomic mass is 10.2. The monoisotopic (exact) mass is 124 g/mol. The van der Waals surface area contributed by atoms with E-state index in [1.807, 2.05) is 18.2 Å². The predicted octanol–water partition coefficient (Wildman–Crippen LogP) is 0.814. The summed E-state index contributed by atoms with van der Waals surface area (Å²) in [6.45, 7) is 2.08. The van der Waals surface area contributed by atoms with E-state index in [0.717, 1.165) is 0 Å². The second-order valence-corrected chi connectivity index (χ2v) is 1.65. The summed E-state index contributed by atoms with van der Waals surface area (Å²) in [5.41, 5.74) is 1.32. The lowest BCUT2D eigenvalue weighted by Gasteiger charge is -1.82. The van der Waals surface area contributed by atoms with Crippen molar-refractivity contribution in [2.45, 2.75) is 6.92 Å². The molecule has 1 rings (SSSR count). The normalized spacial score (nSPS) is 7.44. The van der Waals surface area contributed by atoms with Crippen LogP contribution in [0.2, 0.25) is 0 Å². The highest BCUT2D eigenvalue weighted by atomic mass is 15.0. The van der Waals surface area contributed by atoms with Crippen LogP contribution >= 0.6 is 0 Å². The SMILES string of the molecule is Cc1ccccc1.NN. The van der Waals surface area contributed by atoms with Gasteiger partial charge in [0.25, 0.3) is 0 Å². The molecule has 2 heteroatoms. The Kier molecular flexibility index (Phi) is 4.78. The Morgan fingerprint density at radius 1 is 1.00 bits per heavy atom. The molecule has 0 bridgehead atoms. The molecule has 1 aromatic carbocycles. The lowest BCUT2D eigenvalue weighted by molar-refractivity contribution is 1.26. The van der Waals surface area contributed by atoms with Crippen LogP contribution in [0.5, 0.6) is 0 Å². The molecule has 1 aromatic rings. The van der Waals surface area contributed by atoms with Gasteiger partial charge in [0, 0.05) is 0 Å². The van der Waals surface area contributed by atoms with Crippen LogP contribution in [0.4, 0.5) is 0 Å². The van der Waals surface area contributed by atoms with Crippen molar-refractivity contribution in [3.63, 3.8) is 0 Å². The molecule has 0 amide bonds. The highest BCUT2D eigenvalue weighted by Crippen LogP contribution is 1.92. The predicted molar refractivity (Wildman–Crippen MR) is 39.6 cm³/mol. The van der Waals surface area contributed by atoms with E-state index in [-0.39, 0.29) is 0 Å². The summed E-state index contributed by atoms with van der Waals surface area (Å²) in [4.78, 5) is 0. The molecule has 0 saturated heterocycles. The summed E-state index contributed by atoms with van der Waals surface area (Å²) >= 11 is 0. The fourth-order valence-corrected chi connectivity index (χ4v) is 0.534. The van der Waals surface area contributed by atoms with Crippen molar-refractivity contribution in [1.29, 1.82) is 0 Å². The number of hydrogen-bond acceptors (Lipinski definition) is 2. The van der Waals surface area contributed by atoms with E-state index < -0.39 is 0 Å². The maximum atomic E-state index is 4.00. The second kappa shape index (κ2) is 5.28. The first-order valence-electron chi connectivity index (χ1n) is 2.74. The number of hydrazine groups is 1. The molecular formula is C7H12N2. The van der Waals surface area contributed by atoms with Crippen LogP contribution in [0.25, 0.3) is 0 Å². The zero-order valence-electron chi connectivity index (χ0n) is 5.54. The zero-order valence-corrected chi connectivity index (χ0v) is 5.54. The second-order valence-electron chi connectivity index (χ2n) is 1.65. The summed E-state index contributed by atoms with van der Waals surface area (Å²) in [5.74, 6) is 8.00. The first-order valence-corrected chi connectivity index (χ1v) is 2.74. The average molecular weight is 124 g/mol. The van der Waals surface area contributed by atoms with E-state index in [4.69, 9.17) is 0 Å². The van der Waals surface area contributed by atoms with Crippen LogP contribution in [-0.4, -0.2) is 0 Å². The van der Waals surface area contributed by atoms with Gasteiger partial charge in [-0.2, -0.15) is 0 Å². The van der Waals surface area contributed by atoms with Gasteiger partial charge in [-0.25, -0.2) is 0 Å². The molecule has 0 fully saturated rings. The van der Waals surface area contributed by atoms with Crippen molar-refractivity contribution in [3.05, 3.63) is 35.9 Å². The minimum Gasteiger partial charge on any atom is -0.274 e. The van der Waals surface area contributed by atoms with Gasteiger partial charge in [0.05, 0.1) is 0 Å². The first-order chi connectivity index (χ1) is 4.39. The highest BCUT2D eigenvalue weighted by molar-refractivity contribution is 5.11. The summed E-state index contributed by atoms with van der Waals surface area (Å²) in [6, 6.07) is 10.3. The molecule has 4 N–H and O–H groups in total. The molecule has 0 aliphatic heterocycles. The minimum atomic E-state index is 1.32. The van der Waals surface area contributed by atoms with Crippen molar-refractivity contribution in [2.24, 2.45) is 11.7 Å². The molecule has 0 atom stereocenters. The molecule has 50 valence electrons. The summed E-state index contributed by atoms with van der Waals surface area (Å²) < 4.78 is 0. The Bertz CT molecular complexity index is 137. The topological polar surface area (TPSA) is 52.0 Å². The Hall–Kier alpha value is -0.860. The van der Waals surface area contributed by atoms with Crippen LogP contribution < -0.4 is 11.7 Å². The van der Waals surface area contributed by atoms with Crippen molar-refractivity contribution in [2.75, 3.05) is 0 Å². The molecular weight excluding hydrogens is 112 g/mol. The summed E-state index contributed by atoms with van der Waals surface area (Å²) in [6.07, 6.45) is 0. The highest BCUT2D eigenvalue weighted by Gasteiger charge is 1.72.